The Morgan fingerprint density at radius 3 is 2.26 bits per heavy atom. The molecule has 0 aliphatic heterocycles. The molecule has 0 fully saturated rings. The fraction of sp³-hybridized carbons (Fsp3) is 0.824. The standard InChI is InChI=1S/C17H31NO5/c1-12(2)17(22)15(11-19)8-10-23-14(4)7-9-18-16(21)6-5-13(3)20/h12,14-15,19H,5-11H2,1-4H3,(H,18,21). The van der Waals surface area contributed by atoms with E-state index in [0.29, 0.717) is 26.0 Å². The van der Waals surface area contributed by atoms with Gasteiger partial charge in [-0.15, -0.1) is 0 Å². The van der Waals surface area contributed by atoms with Gasteiger partial charge in [-0.05, 0) is 26.7 Å². The highest BCUT2D eigenvalue weighted by molar-refractivity contribution is 5.83. The molecule has 0 radical (unpaired) electrons. The number of Topliss-reactive ketones (excluding diaryl/α,β-unsaturated/α-hetero) is 2. The maximum absolute atomic E-state index is 11.8. The number of carbonyl (C=O) groups is 3. The van der Waals surface area contributed by atoms with Crippen LogP contribution in [-0.2, 0) is 19.1 Å². The molecule has 2 unspecified atom stereocenters. The van der Waals surface area contributed by atoms with Gasteiger partial charge in [0.05, 0.1) is 12.7 Å². The van der Waals surface area contributed by atoms with Crippen molar-refractivity contribution < 1.29 is 24.2 Å². The molecule has 6 nitrogen and oxygen atoms in total. The van der Waals surface area contributed by atoms with E-state index >= 15 is 0 Å². The van der Waals surface area contributed by atoms with Crippen molar-refractivity contribution >= 4 is 17.5 Å². The quantitative estimate of drug-likeness (QED) is 0.534. The molecule has 0 aromatic carbocycles. The SMILES string of the molecule is CC(=O)CCC(=O)NCCC(C)OCCC(CO)C(=O)C(C)C. The first-order chi connectivity index (χ1) is 10.8. The zero-order chi connectivity index (χ0) is 17.8. The van der Waals surface area contributed by atoms with Gasteiger partial charge in [-0.25, -0.2) is 0 Å². The van der Waals surface area contributed by atoms with Crippen molar-refractivity contribution in [3.8, 4) is 0 Å². The van der Waals surface area contributed by atoms with Gasteiger partial charge < -0.3 is 20.0 Å². The second-order valence-electron chi connectivity index (χ2n) is 6.25. The van der Waals surface area contributed by atoms with Crippen LogP contribution in [0.1, 0.15) is 53.4 Å². The molecule has 0 aromatic rings. The lowest BCUT2D eigenvalue weighted by molar-refractivity contribution is -0.128. The van der Waals surface area contributed by atoms with E-state index in [0.717, 1.165) is 0 Å². The zero-order valence-corrected chi connectivity index (χ0v) is 14.8. The number of ketones is 2. The summed E-state index contributed by atoms with van der Waals surface area (Å²) in [6.45, 7) is 7.76. The third-order valence-electron chi connectivity index (χ3n) is 3.64. The Labute approximate surface area is 139 Å². The van der Waals surface area contributed by atoms with Gasteiger partial charge in [0.2, 0.25) is 5.91 Å². The summed E-state index contributed by atoms with van der Waals surface area (Å²) in [5.74, 6) is -0.522. The lowest BCUT2D eigenvalue weighted by atomic mass is 9.93. The number of aliphatic hydroxyl groups is 1. The van der Waals surface area contributed by atoms with Gasteiger partial charge in [0.1, 0.15) is 11.6 Å². The van der Waals surface area contributed by atoms with Crippen molar-refractivity contribution in [1.82, 2.24) is 5.32 Å². The smallest absolute Gasteiger partial charge is 0.220 e. The summed E-state index contributed by atoms with van der Waals surface area (Å²) in [7, 11) is 0. The van der Waals surface area contributed by atoms with E-state index in [4.69, 9.17) is 4.74 Å². The Morgan fingerprint density at radius 1 is 1.09 bits per heavy atom. The molecule has 23 heavy (non-hydrogen) atoms. The highest BCUT2D eigenvalue weighted by atomic mass is 16.5. The molecule has 2 N–H and O–H groups in total. The van der Waals surface area contributed by atoms with Crippen LogP contribution in [0.15, 0.2) is 0 Å². The lowest BCUT2D eigenvalue weighted by Crippen LogP contribution is -2.28. The number of hydrogen-bond donors (Lipinski definition) is 2. The number of carbonyl (C=O) groups excluding carboxylic acids is 3. The van der Waals surface area contributed by atoms with Crippen LogP contribution in [0.2, 0.25) is 0 Å². The van der Waals surface area contributed by atoms with Gasteiger partial charge in [-0.1, -0.05) is 13.8 Å². The molecule has 134 valence electrons. The topological polar surface area (TPSA) is 92.7 Å². The van der Waals surface area contributed by atoms with E-state index < -0.39 is 0 Å². The Bertz CT molecular complexity index is 381. The van der Waals surface area contributed by atoms with Gasteiger partial charge in [0.25, 0.3) is 0 Å². The third-order valence-corrected chi connectivity index (χ3v) is 3.64. The fourth-order valence-electron chi connectivity index (χ4n) is 2.08. The van der Waals surface area contributed by atoms with E-state index in [9.17, 15) is 19.5 Å². The maximum atomic E-state index is 11.8. The van der Waals surface area contributed by atoms with Crippen LogP contribution in [0.3, 0.4) is 0 Å². The summed E-state index contributed by atoms with van der Waals surface area (Å²) in [5, 5.41) is 12.0. The van der Waals surface area contributed by atoms with E-state index in [1.165, 1.54) is 6.92 Å². The summed E-state index contributed by atoms with van der Waals surface area (Å²) in [5.41, 5.74) is 0. The van der Waals surface area contributed by atoms with Crippen LogP contribution in [0.5, 0.6) is 0 Å². The summed E-state index contributed by atoms with van der Waals surface area (Å²) in [6.07, 6.45) is 1.61. The van der Waals surface area contributed by atoms with Crippen LogP contribution in [0.4, 0.5) is 0 Å². The molecule has 0 spiro atoms. The molecule has 0 aromatic heterocycles. The first-order valence-corrected chi connectivity index (χ1v) is 8.30. The number of nitrogens with one attached hydrogen (secondary N) is 1. The Kier molecular flexibility index (Phi) is 11.5. The second kappa shape index (κ2) is 12.2. The van der Waals surface area contributed by atoms with Crippen LogP contribution >= 0.6 is 0 Å². The Morgan fingerprint density at radius 2 is 1.74 bits per heavy atom. The van der Waals surface area contributed by atoms with Crippen molar-refractivity contribution in [2.24, 2.45) is 11.8 Å². The molecule has 0 aliphatic rings. The van der Waals surface area contributed by atoms with Crippen LogP contribution in [0, 0.1) is 11.8 Å². The molecule has 0 saturated carbocycles. The van der Waals surface area contributed by atoms with Crippen LogP contribution in [-0.4, -0.2) is 48.4 Å². The van der Waals surface area contributed by atoms with Gasteiger partial charge in [0, 0.05) is 37.8 Å². The minimum atomic E-state index is -0.367. The molecule has 0 bridgehead atoms. The summed E-state index contributed by atoms with van der Waals surface area (Å²) in [6, 6.07) is 0. The molecule has 2 atom stereocenters. The number of ether oxygens (including phenoxy) is 1. The van der Waals surface area contributed by atoms with E-state index in [-0.39, 0.29) is 54.9 Å². The molecule has 6 heteroatoms. The summed E-state index contributed by atoms with van der Waals surface area (Å²) < 4.78 is 5.62. The van der Waals surface area contributed by atoms with Crippen molar-refractivity contribution in [2.75, 3.05) is 19.8 Å². The minimum Gasteiger partial charge on any atom is -0.396 e. The van der Waals surface area contributed by atoms with Gasteiger partial charge in [0.15, 0.2) is 0 Å². The van der Waals surface area contributed by atoms with Gasteiger partial charge >= 0.3 is 0 Å². The van der Waals surface area contributed by atoms with E-state index in [2.05, 4.69) is 5.32 Å². The number of amides is 1. The second-order valence-corrected chi connectivity index (χ2v) is 6.25. The van der Waals surface area contributed by atoms with Gasteiger partial charge in [-0.3, -0.25) is 9.59 Å². The first kappa shape index (κ1) is 21.7. The monoisotopic (exact) mass is 329 g/mol. The zero-order valence-electron chi connectivity index (χ0n) is 14.8. The van der Waals surface area contributed by atoms with E-state index in [1.807, 2.05) is 20.8 Å². The van der Waals surface area contributed by atoms with Crippen molar-refractivity contribution in [2.45, 2.75) is 59.5 Å². The number of aliphatic hydroxyl groups excluding tert-OH is 1. The third kappa shape index (κ3) is 11.0. The molecule has 0 saturated heterocycles. The van der Waals surface area contributed by atoms with Crippen LogP contribution in [0.25, 0.3) is 0 Å². The van der Waals surface area contributed by atoms with E-state index in [1.54, 1.807) is 0 Å². The van der Waals surface area contributed by atoms with Crippen LogP contribution < -0.4 is 5.32 Å². The molecule has 0 aliphatic carbocycles. The average molecular weight is 329 g/mol. The van der Waals surface area contributed by atoms with Crippen molar-refractivity contribution in [1.29, 1.82) is 0 Å². The first-order valence-electron chi connectivity index (χ1n) is 8.30. The highest BCUT2D eigenvalue weighted by Crippen LogP contribution is 2.11. The van der Waals surface area contributed by atoms with Crippen molar-refractivity contribution in [3.05, 3.63) is 0 Å². The fourth-order valence-corrected chi connectivity index (χ4v) is 2.08. The summed E-state index contributed by atoms with van der Waals surface area (Å²) >= 11 is 0. The molecular weight excluding hydrogens is 298 g/mol. The number of rotatable bonds is 13. The number of hydrogen-bond acceptors (Lipinski definition) is 5. The molecule has 0 heterocycles. The average Bonchev–Trinajstić information content (AvgIpc) is 2.48. The Balaban J connectivity index is 3.82. The minimum absolute atomic E-state index is 0.00577. The maximum Gasteiger partial charge on any atom is 0.220 e. The molecule has 0 rings (SSSR count). The molecule has 1 amide bonds. The molecular formula is C17H31NO5. The lowest BCUT2D eigenvalue weighted by Gasteiger charge is -2.18. The van der Waals surface area contributed by atoms with Gasteiger partial charge in [-0.2, -0.15) is 0 Å². The van der Waals surface area contributed by atoms with Crippen molar-refractivity contribution in [3.63, 3.8) is 0 Å². The predicted octanol–water partition coefficient (Wildman–Crippen LogP) is 1.49. The summed E-state index contributed by atoms with van der Waals surface area (Å²) in [4.78, 5) is 34.0. The normalized spacial score (nSPS) is 13.7. The predicted molar refractivity (Wildman–Crippen MR) is 88.0 cm³/mol. The highest BCUT2D eigenvalue weighted by Gasteiger charge is 2.20. The Hall–Kier alpha value is -1.27. The largest absolute Gasteiger partial charge is 0.396 e.